The molecule has 0 bridgehead atoms. The number of amides is 2. The Morgan fingerprint density at radius 2 is 1.50 bits per heavy atom. The van der Waals surface area contributed by atoms with E-state index in [1.165, 1.54) is 26.8 Å². The Morgan fingerprint density at radius 3 is 1.92 bits per heavy atom. The summed E-state index contributed by atoms with van der Waals surface area (Å²) in [4.78, 5) is 11.8. The second-order valence-electron chi connectivity index (χ2n) is 4.69. The van der Waals surface area contributed by atoms with Crippen LogP contribution in [0.4, 0.5) is 32.6 Å². The van der Waals surface area contributed by atoms with E-state index in [2.05, 4.69) is 0 Å². The van der Waals surface area contributed by atoms with Crippen molar-refractivity contribution in [3.05, 3.63) is 30.1 Å². The first kappa shape index (κ1) is 22.3. The average molecular weight is 402 g/mol. The molecule has 0 spiro atoms. The highest BCUT2D eigenvalue weighted by atomic mass is 28.4. The lowest BCUT2D eigenvalue weighted by Crippen LogP contribution is -2.68. The number of hydrogen-bond donors (Lipinski definition) is 0. The molecule has 6 nitrogen and oxygen atoms in total. The normalized spacial score (nSPS) is 12.2. The van der Waals surface area contributed by atoms with E-state index in [9.17, 15) is 26.9 Å². The number of hydrogen-bond acceptors (Lipinski definition) is 4. The summed E-state index contributed by atoms with van der Waals surface area (Å²) < 4.78 is 85.7. The van der Waals surface area contributed by atoms with Crippen molar-refractivity contribution < 1.29 is 40.2 Å². The number of benzene rings is 1. The minimum Gasteiger partial charge on any atom is -0.369 e. The van der Waals surface area contributed by atoms with Gasteiger partial charge in [-0.1, -0.05) is 26.2 Å². The lowest BCUT2D eigenvalue weighted by molar-refractivity contribution is -0.192. The lowest BCUT2D eigenvalue weighted by atomic mass is 10.3. The number of alkyl halides is 2. The third kappa shape index (κ3) is 4.31. The summed E-state index contributed by atoms with van der Waals surface area (Å²) in [5, 5.41) is -2.78. The fourth-order valence-electron chi connectivity index (χ4n) is 1.99. The summed E-state index contributed by atoms with van der Waals surface area (Å²) in [7, 11) is -5.10. The number of anilines is 1. The van der Waals surface area contributed by atoms with Gasteiger partial charge in [-0.2, -0.15) is 8.78 Å². The van der Waals surface area contributed by atoms with Crippen LogP contribution in [0.1, 0.15) is 20.8 Å². The number of urea groups is 1. The number of halogens is 5. The Bertz CT molecular complexity index is 593. The van der Waals surface area contributed by atoms with Crippen LogP contribution in [0.3, 0.4) is 0 Å². The van der Waals surface area contributed by atoms with Crippen molar-refractivity contribution in [3.63, 3.8) is 0 Å². The van der Waals surface area contributed by atoms with Crippen LogP contribution >= 0.6 is 0 Å². The molecule has 1 aromatic rings. The predicted molar refractivity (Wildman–Crippen MR) is 83.9 cm³/mol. The maximum Gasteiger partial charge on any atom is 0.603 e. The van der Waals surface area contributed by atoms with Crippen molar-refractivity contribution in [3.8, 4) is 0 Å². The Labute approximate surface area is 148 Å². The molecule has 0 aliphatic carbocycles. The molecule has 0 fully saturated rings. The third-order valence-electron chi connectivity index (χ3n) is 3.02. The van der Waals surface area contributed by atoms with Crippen LogP contribution in [0, 0.1) is 5.82 Å². The molecule has 0 radical (unpaired) electrons. The molecule has 0 aliphatic heterocycles. The minimum atomic E-state index is -5.10. The van der Waals surface area contributed by atoms with Gasteiger partial charge >= 0.3 is 20.5 Å². The summed E-state index contributed by atoms with van der Waals surface area (Å²) in [6.07, 6.45) is 0. The van der Waals surface area contributed by atoms with E-state index in [0.29, 0.717) is 0 Å². The van der Waals surface area contributed by atoms with Gasteiger partial charge < -0.3 is 13.3 Å². The van der Waals surface area contributed by atoms with Crippen LogP contribution in [-0.2, 0) is 13.3 Å². The molecule has 0 saturated heterocycles. The maximum absolute atomic E-state index is 14.7. The van der Waals surface area contributed by atoms with Crippen molar-refractivity contribution in [1.29, 1.82) is 0 Å². The van der Waals surface area contributed by atoms with Crippen molar-refractivity contribution in [2.45, 2.75) is 26.4 Å². The minimum absolute atomic E-state index is 0.337. The van der Waals surface area contributed by atoms with Crippen molar-refractivity contribution in [2.24, 2.45) is 0 Å². The van der Waals surface area contributed by atoms with Gasteiger partial charge in [-0.15, -0.1) is 5.12 Å². The quantitative estimate of drug-likeness (QED) is 0.271. The molecule has 148 valence electrons. The fraction of sp³-hybridized carbons (Fsp3) is 0.500. The van der Waals surface area contributed by atoms with Crippen molar-refractivity contribution in [2.75, 3.05) is 24.9 Å². The Balaban J connectivity index is 3.21. The van der Waals surface area contributed by atoms with Gasteiger partial charge in [0.2, 0.25) is 0 Å². The van der Waals surface area contributed by atoms with Crippen LogP contribution in [0.15, 0.2) is 24.3 Å². The van der Waals surface area contributed by atoms with Crippen LogP contribution in [-0.4, -0.2) is 45.4 Å². The molecule has 0 N–H and O–H groups in total. The zero-order valence-corrected chi connectivity index (χ0v) is 15.3. The van der Waals surface area contributed by atoms with Crippen LogP contribution in [0.25, 0.3) is 0 Å². The van der Waals surface area contributed by atoms with Gasteiger partial charge in [0.25, 0.3) is 0 Å². The van der Waals surface area contributed by atoms with E-state index in [1.54, 1.807) is 0 Å². The highest BCUT2D eigenvalue weighted by molar-refractivity contribution is 6.63. The van der Waals surface area contributed by atoms with Gasteiger partial charge in [0.1, 0.15) is 11.5 Å². The fourth-order valence-corrected chi connectivity index (χ4v) is 4.23. The smallest absolute Gasteiger partial charge is 0.369 e. The number of nitrogens with zero attached hydrogens (tertiary/aromatic N) is 2. The van der Waals surface area contributed by atoms with E-state index in [1.807, 2.05) is 0 Å². The van der Waals surface area contributed by atoms with Crippen LogP contribution in [0.2, 0.25) is 0 Å². The van der Waals surface area contributed by atoms with Crippen LogP contribution < -0.4 is 5.12 Å². The predicted octanol–water partition coefficient (Wildman–Crippen LogP) is 4.00. The topological polar surface area (TPSA) is 51.2 Å². The number of carbonyl (C=O) groups excluding carboxylic acids is 1. The van der Waals surface area contributed by atoms with E-state index < -0.39 is 42.3 Å². The largest absolute Gasteiger partial charge is 0.603 e. The lowest BCUT2D eigenvalue weighted by Gasteiger charge is -2.36. The van der Waals surface area contributed by atoms with Gasteiger partial charge in [-0.05, 0) is 32.9 Å². The summed E-state index contributed by atoms with van der Waals surface area (Å²) in [5.74, 6) is -1.25. The monoisotopic (exact) mass is 402 g/mol. The second-order valence-corrected chi connectivity index (χ2v) is 7.27. The van der Waals surface area contributed by atoms with E-state index >= 15 is 0 Å². The molecule has 0 aromatic heterocycles. The van der Waals surface area contributed by atoms with Gasteiger partial charge in [-0.25, -0.2) is 9.18 Å². The summed E-state index contributed by atoms with van der Waals surface area (Å²) in [5.41, 5.74) is -5.80. The zero-order chi connectivity index (χ0) is 20.0. The molecule has 1 rings (SSSR count). The van der Waals surface area contributed by atoms with Crippen molar-refractivity contribution in [1.82, 2.24) is 5.12 Å². The highest BCUT2D eigenvalue weighted by Crippen LogP contribution is 2.36. The van der Waals surface area contributed by atoms with Crippen molar-refractivity contribution >= 4 is 20.5 Å². The molecule has 1 aromatic carbocycles. The average Bonchev–Trinajstić information content (AvgIpc) is 2.60. The molecule has 0 atom stereocenters. The summed E-state index contributed by atoms with van der Waals surface area (Å²) >= 11 is 0. The molecule has 0 heterocycles. The number of rotatable bonds is 9. The van der Waals surface area contributed by atoms with Gasteiger partial charge in [0.05, 0.1) is 0 Å². The maximum atomic E-state index is 14.7. The standard InChI is InChI=1S/C14H19F5N2O4Si/c1-4-23-26(24-5-2,25-6-3)14(16,17)21(19)13(22)20(18)12-10-8-7-9-11(12)15/h7-10H,4-6H2,1-3H3. The Morgan fingerprint density at radius 1 is 1.04 bits per heavy atom. The highest BCUT2D eigenvalue weighted by Gasteiger charge is 2.71. The molecule has 0 aliphatic rings. The molecular weight excluding hydrogens is 383 g/mol. The number of carbonyl (C=O) groups is 1. The molecule has 0 saturated carbocycles. The third-order valence-corrected chi connectivity index (χ3v) is 5.96. The van der Waals surface area contributed by atoms with E-state index in [4.69, 9.17) is 13.3 Å². The van der Waals surface area contributed by atoms with E-state index in [0.717, 1.165) is 18.2 Å². The van der Waals surface area contributed by atoms with Crippen LogP contribution in [0.5, 0.6) is 0 Å². The summed E-state index contributed by atoms with van der Waals surface area (Å²) in [6.45, 7) is 2.99. The summed E-state index contributed by atoms with van der Waals surface area (Å²) in [6, 6.07) is 1.40. The molecular formula is C14H19F5N2O4Si. The molecule has 0 unspecified atom stereocenters. The Hall–Kier alpha value is -1.76. The molecule has 2 amide bonds. The molecule has 26 heavy (non-hydrogen) atoms. The Kier molecular flexibility index (Phi) is 7.93. The molecule has 12 heteroatoms. The zero-order valence-electron chi connectivity index (χ0n) is 14.3. The second kappa shape index (κ2) is 9.25. The van der Waals surface area contributed by atoms with Gasteiger partial charge in [-0.3, -0.25) is 0 Å². The first-order valence-corrected chi connectivity index (χ1v) is 9.41. The number of para-hydroxylation sites is 1. The van der Waals surface area contributed by atoms with E-state index in [-0.39, 0.29) is 19.8 Å². The van der Waals surface area contributed by atoms with Gasteiger partial charge in [0.15, 0.2) is 0 Å². The van der Waals surface area contributed by atoms with Gasteiger partial charge in [0, 0.05) is 19.8 Å². The SMILES string of the molecule is CCO[Si](OCC)(OCC)C(F)(F)N(F)C(=O)N(F)c1ccccc1F. The first-order chi connectivity index (χ1) is 12.2. The first-order valence-electron chi connectivity index (χ1n) is 7.68.